The Morgan fingerprint density at radius 1 is 1.00 bits per heavy atom. The van der Waals surface area contributed by atoms with E-state index in [-0.39, 0.29) is 5.91 Å². The molecule has 0 aromatic heterocycles. The van der Waals surface area contributed by atoms with Gasteiger partial charge in [0.15, 0.2) is 0 Å². The maximum atomic E-state index is 12.5. The average Bonchev–Trinajstić information content (AvgIpc) is 2.72. The SMILES string of the molecule is COc1ccc(N2CCN(C(=O)CNc3ccc(N(C)C)cc3)CC2)cc1. The standard InChI is InChI=1S/C21H28N4O2/c1-23(2)18-6-4-17(5-7-18)22-16-21(26)25-14-12-24(13-15-25)19-8-10-20(27-3)11-9-19/h4-11,22H,12-16H2,1-3H3. The third-order valence-electron chi connectivity index (χ3n) is 4.90. The molecule has 144 valence electrons. The number of methoxy groups -OCH3 is 1. The average molecular weight is 368 g/mol. The van der Waals surface area contributed by atoms with Crippen molar-refractivity contribution in [1.29, 1.82) is 0 Å². The predicted molar refractivity (Wildman–Crippen MR) is 111 cm³/mol. The number of nitrogens with one attached hydrogen (secondary N) is 1. The second-order valence-electron chi connectivity index (χ2n) is 6.86. The molecule has 0 bridgehead atoms. The van der Waals surface area contributed by atoms with E-state index in [0.29, 0.717) is 6.54 Å². The molecule has 6 heteroatoms. The minimum Gasteiger partial charge on any atom is -0.497 e. The number of carbonyl (C=O) groups excluding carboxylic acids is 1. The quantitative estimate of drug-likeness (QED) is 0.849. The molecule has 0 saturated carbocycles. The van der Waals surface area contributed by atoms with Gasteiger partial charge in [-0.25, -0.2) is 0 Å². The Labute approximate surface area is 161 Å². The number of amides is 1. The van der Waals surface area contributed by atoms with Gasteiger partial charge in [0.1, 0.15) is 5.75 Å². The first-order chi connectivity index (χ1) is 13.1. The fourth-order valence-corrected chi connectivity index (χ4v) is 3.17. The number of ether oxygens (including phenoxy) is 1. The molecule has 2 aromatic carbocycles. The van der Waals surface area contributed by atoms with Gasteiger partial charge in [-0.2, -0.15) is 0 Å². The molecule has 0 atom stereocenters. The minimum absolute atomic E-state index is 0.140. The molecular formula is C21H28N4O2. The Hall–Kier alpha value is -2.89. The Morgan fingerprint density at radius 2 is 1.63 bits per heavy atom. The summed E-state index contributed by atoms with van der Waals surface area (Å²) in [6, 6.07) is 16.2. The molecule has 6 nitrogen and oxygen atoms in total. The largest absolute Gasteiger partial charge is 0.497 e. The molecule has 27 heavy (non-hydrogen) atoms. The zero-order valence-corrected chi connectivity index (χ0v) is 16.3. The van der Waals surface area contributed by atoms with Crippen LogP contribution in [-0.4, -0.2) is 64.7 Å². The van der Waals surface area contributed by atoms with Crippen molar-refractivity contribution in [1.82, 2.24) is 4.90 Å². The molecule has 1 heterocycles. The van der Waals surface area contributed by atoms with Gasteiger partial charge in [0.2, 0.25) is 5.91 Å². The number of hydrogen-bond acceptors (Lipinski definition) is 5. The van der Waals surface area contributed by atoms with Gasteiger partial charge in [0.25, 0.3) is 0 Å². The fourth-order valence-electron chi connectivity index (χ4n) is 3.17. The first-order valence-corrected chi connectivity index (χ1v) is 9.25. The summed E-state index contributed by atoms with van der Waals surface area (Å²) in [5.41, 5.74) is 3.27. The van der Waals surface area contributed by atoms with Gasteiger partial charge in [-0.3, -0.25) is 4.79 Å². The van der Waals surface area contributed by atoms with Crippen molar-refractivity contribution in [2.75, 3.05) is 69.0 Å². The van der Waals surface area contributed by atoms with Crippen LogP contribution >= 0.6 is 0 Å². The van der Waals surface area contributed by atoms with Gasteiger partial charge >= 0.3 is 0 Å². The Balaban J connectivity index is 1.46. The van der Waals surface area contributed by atoms with Gasteiger partial charge in [-0.05, 0) is 48.5 Å². The van der Waals surface area contributed by atoms with E-state index in [1.54, 1.807) is 7.11 Å². The topological polar surface area (TPSA) is 48.1 Å². The van der Waals surface area contributed by atoms with Crippen LogP contribution in [-0.2, 0) is 4.79 Å². The first-order valence-electron chi connectivity index (χ1n) is 9.25. The van der Waals surface area contributed by atoms with Crippen LogP contribution in [0.5, 0.6) is 5.75 Å². The van der Waals surface area contributed by atoms with Gasteiger partial charge in [-0.15, -0.1) is 0 Å². The molecule has 1 amide bonds. The molecule has 0 spiro atoms. The first kappa shape index (κ1) is 18.9. The van der Waals surface area contributed by atoms with Crippen molar-refractivity contribution in [2.45, 2.75) is 0 Å². The molecule has 1 fully saturated rings. The Kier molecular flexibility index (Phi) is 6.06. The molecule has 1 aliphatic rings. The predicted octanol–water partition coefficient (Wildman–Crippen LogP) is 2.52. The lowest BCUT2D eigenvalue weighted by Crippen LogP contribution is -2.50. The van der Waals surface area contributed by atoms with Crippen LogP contribution in [0, 0.1) is 0 Å². The molecule has 2 aromatic rings. The summed E-state index contributed by atoms with van der Waals surface area (Å²) in [7, 11) is 5.69. The van der Waals surface area contributed by atoms with Crippen LogP contribution in [0.25, 0.3) is 0 Å². The van der Waals surface area contributed by atoms with E-state index in [1.807, 2.05) is 55.4 Å². The van der Waals surface area contributed by atoms with Crippen molar-refractivity contribution in [3.8, 4) is 5.75 Å². The van der Waals surface area contributed by atoms with Gasteiger partial charge in [0.05, 0.1) is 13.7 Å². The highest BCUT2D eigenvalue weighted by molar-refractivity contribution is 5.81. The van der Waals surface area contributed by atoms with Gasteiger partial charge < -0.3 is 24.8 Å². The third-order valence-corrected chi connectivity index (χ3v) is 4.90. The number of anilines is 3. The maximum absolute atomic E-state index is 12.5. The number of rotatable bonds is 6. The zero-order valence-electron chi connectivity index (χ0n) is 16.3. The minimum atomic E-state index is 0.140. The summed E-state index contributed by atoms with van der Waals surface area (Å²) in [6.45, 7) is 3.49. The van der Waals surface area contributed by atoms with Crippen LogP contribution in [0.3, 0.4) is 0 Å². The summed E-state index contributed by atoms with van der Waals surface area (Å²) in [4.78, 5) is 18.8. The number of piperazine rings is 1. The second-order valence-corrected chi connectivity index (χ2v) is 6.86. The molecule has 0 unspecified atom stereocenters. The summed E-state index contributed by atoms with van der Waals surface area (Å²) >= 11 is 0. The maximum Gasteiger partial charge on any atom is 0.241 e. The Morgan fingerprint density at radius 3 is 2.19 bits per heavy atom. The number of nitrogens with zero attached hydrogens (tertiary/aromatic N) is 3. The van der Waals surface area contributed by atoms with Crippen molar-refractivity contribution in [2.24, 2.45) is 0 Å². The monoisotopic (exact) mass is 368 g/mol. The molecule has 1 saturated heterocycles. The van der Waals surface area contributed by atoms with Crippen LogP contribution in [0.15, 0.2) is 48.5 Å². The van der Waals surface area contributed by atoms with Crippen molar-refractivity contribution in [3.05, 3.63) is 48.5 Å². The smallest absolute Gasteiger partial charge is 0.241 e. The summed E-state index contributed by atoms with van der Waals surface area (Å²) < 4.78 is 5.21. The van der Waals surface area contributed by atoms with Gasteiger partial charge in [-0.1, -0.05) is 0 Å². The van der Waals surface area contributed by atoms with Crippen LogP contribution in [0.4, 0.5) is 17.1 Å². The van der Waals surface area contributed by atoms with E-state index in [1.165, 1.54) is 5.69 Å². The zero-order chi connectivity index (χ0) is 19.2. The molecular weight excluding hydrogens is 340 g/mol. The fraction of sp³-hybridized carbons (Fsp3) is 0.381. The highest BCUT2D eigenvalue weighted by Crippen LogP contribution is 2.20. The summed E-state index contributed by atoms with van der Waals surface area (Å²) in [5, 5.41) is 3.23. The molecule has 0 aliphatic carbocycles. The van der Waals surface area contributed by atoms with Crippen LogP contribution in [0.2, 0.25) is 0 Å². The molecule has 1 aliphatic heterocycles. The van der Waals surface area contributed by atoms with Crippen molar-refractivity contribution in [3.63, 3.8) is 0 Å². The highest BCUT2D eigenvalue weighted by atomic mass is 16.5. The second kappa shape index (κ2) is 8.66. The molecule has 1 N–H and O–H groups in total. The van der Waals surface area contributed by atoms with Crippen LogP contribution < -0.4 is 19.9 Å². The van der Waals surface area contributed by atoms with E-state index in [4.69, 9.17) is 4.74 Å². The summed E-state index contributed by atoms with van der Waals surface area (Å²) in [5.74, 6) is 0.998. The van der Waals surface area contributed by atoms with E-state index in [0.717, 1.165) is 43.3 Å². The lowest BCUT2D eigenvalue weighted by molar-refractivity contribution is -0.129. The van der Waals surface area contributed by atoms with E-state index < -0.39 is 0 Å². The van der Waals surface area contributed by atoms with E-state index in [2.05, 4.69) is 27.2 Å². The highest BCUT2D eigenvalue weighted by Gasteiger charge is 2.21. The lowest BCUT2D eigenvalue weighted by atomic mass is 10.2. The lowest BCUT2D eigenvalue weighted by Gasteiger charge is -2.36. The summed E-state index contributed by atoms with van der Waals surface area (Å²) in [6.07, 6.45) is 0. The molecule has 3 rings (SSSR count). The number of benzene rings is 2. The van der Waals surface area contributed by atoms with Crippen LogP contribution in [0.1, 0.15) is 0 Å². The normalized spacial score (nSPS) is 14.0. The van der Waals surface area contributed by atoms with E-state index in [9.17, 15) is 4.79 Å². The molecule has 0 radical (unpaired) electrons. The Bertz CT molecular complexity index is 736. The van der Waals surface area contributed by atoms with E-state index >= 15 is 0 Å². The number of hydrogen-bond donors (Lipinski definition) is 1. The van der Waals surface area contributed by atoms with Crippen molar-refractivity contribution >= 4 is 23.0 Å². The number of carbonyl (C=O) groups is 1. The third kappa shape index (κ3) is 4.84. The van der Waals surface area contributed by atoms with Gasteiger partial charge in [0, 0.05) is 57.3 Å². The van der Waals surface area contributed by atoms with Crippen molar-refractivity contribution < 1.29 is 9.53 Å².